The summed E-state index contributed by atoms with van der Waals surface area (Å²) in [5.41, 5.74) is 1.65. The molecule has 0 aliphatic carbocycles. The van der Waals surface area contributed by atoms with Gasteiger partial charge < -0.3 is 33.3 Å². The maximum Gasteiger partial charge on any atom is 0.416 e. The summed E-state index contributed by atoms with van der Waals surface area (Å²) in [6.45, 7) is 4.77. The summed E-state index contributed by atoms with van der Waals surface area (Å²) >= 11 is 0. The first-order chi connectivity index (χ1) is 21.4. The Bertz CT molecular complexity index is 1360. The lowest BCUT2D eigenvalue weighted by atomic mass is 10.00. The summed E-state index contributed by atoms with van der Waals surface area (Å²) < 4.78 is 34.6. The van der Waals surface area contributed by atoms with Crippen LogP contribution in [0.1, 0.15) is 60.3 Å². The molecular formula is C32H39N3O9. The summed E-state index contributed by atoms with van der Waals surface area (Å²) in [5, 5.41) is 0. The van der Waals surface area contributed by atoms with Crippen LogP contribution in [-0.2, 0) is 36.8 Å². The molecule has 0 radical (unpaired) electrons. The number of benzene rings is 1. The van der Waals surface area contributed by atoms with Gasteiger partial charge in [0.05, 0.1) is 49.3 Å². The number of carbonyl (C=O) groups excluding carboxylic acids is 3. The van der Waals surface area contributed by atoms with E-state index >= 15 is 0 Å². The fourth-order valence-electron chi connectivity index (χ4n) is 5.77. The zero-order chi connectivity index (χ0) is 31.1. The highest BCUT2D eigenvalue weighted by atomic mass is 16.7. The first-order valence-corrected chi connectivity index (χ1v) is 14.9. The molecule has 2 unspecified atom stereocenters. The number of pyridine rings is 1. The molecular weight excluding hydrogens is 570 g/mol. The van der Waals surface area contributed by atoms with Gasteiger partial charge in [-0.05, 0) is 56.7 Å². The lowest BCUT2D eigenvalue weighted by molar-refractivity contribution is -0.198. The van der Waals surface area contributed by atoms with E-state index in [1.54, 1.807) is 35.2 Å². The van der Waals surface area contributed by atoms with Gasteiger partial charge in [-0.2, -0.15) is 0 Å². The van der Waals surface area contributed by atoms with Gasteiger partial charge in [-0.25, -0.2) is 9.69 Å². The van der Waals surface area contributed by atoms with Crippen molar-refractivity contribution in [3.63, 3.8) is 0 Å². The van der Waals surface area contributed by atoms with Crippen LogP contribution in [0.25, 0.3) is 0 Å². The molecule has 236 valence electrons. The van der Waals surface area contributed by atoms with Gasteiger partial charge in [-0.3, -0.25) is 14.6 Å². The lowest BCUT2D eigenvalue weighted by Crippen LogP contribution is -2.57. The van der Waals surface area contributed by atoms with Crippen molar-refractivity contribution in [1.82, 2.24) is 9.88 Å². The van der Waals surface area contributed by atoms with Crippen molar-refractivity contribution in [2.75, 3.05) is 38.9 Å². The van der Waals surface area contributed by atoms with Crippen molar-refractivity contribution in [1.29, 1.82) is 0 Å². The number of rotatable bonds is 10. The van der Waals surface area contributed by atoms with Crippen LogP contribution in [0.5, 0.6) is 11.5 Å². The minimum Gasteiger partial charge on any atom is -0.493 e. The zero-order valence-corrected chi connectivity index (χ0v) is 25.2. The van der Waals surface area contributed by atoms with E-state index in [-0.39, 0.29) is 42.5 Å². The number of anilines is 1. The molecule has 3 atom stereocenters. The molecule has 4 heterocycles. The molecule has 0 spiro atoms. The van der Waals surface area contributed by atoms with Crippen LogP contribution in [0.2, 0.25) is 0 Å². The molecule has 0 saturated carbocycles. The lowest BCUT2D eigenvalue weighted by Gasteiger charge is -2.42. The van der Waals surface area contributed by atoms with Gasteiger partial charge in [-0.1, -0.05) is 18.7 Å². The van der Waals surface area contributed by atoms with Gasteiger partial charge in [0.15, 0.2) is 24.0 Å². The summed E-state index contributed by atoms with van der Waals surface area (Å²) in [5.74, 6) is -0.0363. The number of piperidine rings is 1. The first kappa shape index (κ1) is 31.3. The quantitative estimate of drug-likeness (QED) is 0.283. The molecule has 2 fully saturated rings. The van der Waals surface area contributed by atoms with Crippen molar-refractivity contribution in [2.45, 2.75) is 70.1 Å². The summed E-state index contributed by atoms with van der Waals surface area (Å²) in [6, 6.07) is 8.06. The molecule has 2 saturated heterocycles. The van der Waals surface area contributed by atoms with Crippen molar-refractivity contribution >= 4 is 23.7 Å². The Labute approximate surface area is 256 Å². The molecule has 12 nitrogen and oxygen atoms in total. The Balaban J connectivity index is 1.54. The number of nitrogens with zero attached hydrogens (tertiary/aromatic N) is 3. The van der Waals surface area contributed by atoms with Gasteiger partial charge in [0.25, 0.3) is 5.91 Å². The highest BCUT2D eigenvalue weighted by molar-refractivity contribution is 6.06. The molecule has 3 aliphatic heterocycles. The van der Waals surface area contributed by atoms with E-state index in [1.807, 2.05) is 0 Å². The fourth-order valence-corrected chi connectivity index (χ4v) is 5.77. The van der Waals surface area contributed by atoms with E-state index in [4.69, 9.17) is 28.4 Å². The molecule has 3 aliphatic rings. The van der Waals surface area contributed by atoms with Crippen LogP contribution in [0, 0.1) is 0 Å². The van der Waals surface area contributed by atoms with Gasteiger partial charge in [0.1, 0.15) is 13.2 Å². The molecule has 1 aromatic carbocycles. The van der Waals surface area contributed by atoms with E-state index in [0.717, 1.165) is 25.7 Å². The average Bonchev–Trinajstić information content (AvgIpc) is 3.15. The largest absolute Gasteiger partial charge is 0.493 e. The van der Waals surface area contributed by atoms with E-state index in [1.165, 1.54) is 25.2 Å². The Morgan fingerprint density at radius 1 is 1.09 bits per heavy atom. The Morgan fingerprint density at radius 2 is 1.91 bits per heavy atom. The molecule has 1 aromatic heterocycles. The Hall–Kier alpha value is -4.16. The van der Waals surface area contributed by atoms with Crippen molar-refractivity contribution in [3.8, 4) is 11.5 Å². The van der Waals surface area contributed by atoms with Gasteiger partial charge in [-0.15, -0.1) is 0 Å². The molecule has 0 N–H and O–H groups in total. The Kier molecular flexibility index (Phi) is 10.3. The number of carbonyl (C=O) groups is 3. The number of hydrogen-bond donors (Lipinski definition) is 0. The predicted octanol–water partition coefficient (Wildman–Crippen LogP) is 4.39. The van der Waals surface area contributed by atoms with Crippen LogP contribution in [-0.4, -0.2) is 80.4 Å². The van der Waals surface area contributed by atoms with Crippen LogP contribution in [0.3, 0.4) is 0 Å². The number of hydrogen-bond acceptors (Lipinski definition) is 10. The average molecular weight is 610 g/mol. The van der Waals surface area contributed by atoms with Crippen LogP contribution in [0.4, 0.5) is 10.5 Å². The normalized spacial score (nSPS) is 21.4. The van der Waals surface area contributed by atoms with Crippen LogP contribution >= 0.6 is 0 Å². The first-order valence-electron chi connectivity index (χ1n) is 14.9. The molecule has 5 rings (SSSR count). The maximum absolute atomic E-state index is 14.1. The molecule has 44 heavy (non-hydrogen) atoms. The van der Waals surface area contributed by atoms with E-state index in [9.17, 15) is 14.4 Å². The minimum absolute atomic E-state index is 0.0211. The third kappa shape index (κ3) is 6.97. The van der Waals surface area contributed by atoms with E-state index in [2.05, 4.69) is 11.6 Å². The molecule has 0 bridgehead atoms. The van der Waals surface area contributed by atoms with Crippen molar-refractivity contribution in [2.24, 2.45) is 0 Å². The number of amides is 2. The maximum atomic E-state index is 14.1. The molecule has 12 heteroatoms. The number of ether oxygens (including phenoxy) is 6. The number of aromatic nitrogens is 1. The SMILES string of the molecule is C=CCOC(=O)N1c2cc(OCc3cccc(CC(=O)OC)n3)c(OC)cc2C(=O)N2CCCC[C@H]2C1OC1CCCCO1. The van der Waals surface area contributed by atoms with Gasteiger partial charge >= 0.3 is 12.1 Å². The Morgan fingerprint density at radius 3 is 2.66 bits per heavy atom. The summed E-state index contributed by atoms with van der Waals surface area (Å²) in [6.07, 6.45) is 4.37. The van der Waals surface area contributed by atoms with Gasteiger partial charge in [0, 0.05) is 19.2 Å². The van der Waals surface area contributed by atoms with Crippen LogP contribution < -0.4 is 14.4 Å². The highest BCUT2D eigenvalue weighted by Crippen LogP contribution is 2.42. The second-order valence-corrected chi connectivity index (χ2v) is 10.8. The third-order valence-corrected chi connectivity index (χ3v) is 7.91. The predicted molar refractivity (Wildman–Crippen MR) is 158 cm³/mol. The topological polar surface area (TPSA) is 126 Å². The van der Waals surface area contributed by atoms with Crippen molar-refractivity contribution < 1.29 is 42.8 Å². The third-order valence-electron chi connectivity index (χ3n) is 7.91. The van der Waals surface area contributed by atoms with Gasteiger partial charge in [0.2, 0.25) is 0 Å². The van der Waals surface area contributed by atoms with E-state index in [0.29, 0.717) is 43.1 Å². The van der Waals surface area contributed by atoms with Crippen LogP contribution in [0.15, 0.2) is 43.0 Å². The second-order valence-electron chi connectivity index (χ2n) is 10.8. The standard InChI is InChI=1S/C32H39N3O9/c1-4-15-42-32(38)35-25-19-27(43-20-22-11-9-10-21(33-22)17-28(36)40-3)26(39-2)18-23(25)30(37)34-14-7-5-12-24(34)31(35)44-29-13-6-8-16-41-29/h4,9-11,18-19,24,29,31H,1,5-8,12-17,20H2,2-3H3/t24-,29?,31?/m0/s1. The van der Waals surface area contributed by atoms with E-state index < -0.39 is 30.6 Å². The zero-order valence-electron chi connectivity index (χ0n) is 25.2. The summed E-state index contributed by atoms with van der Waals surface area (Å²) in [4.78, 5) is 47.3. The highest BCUT2D eigenvalue weighted by Gasteiger charge is 2.46. The molecule has 2 amide bonds. The number of fused-ring (bicyclic) bond motifs is 2. The number of methoxy groups -OCH3 is 2. The monoisotopic (exact) mass is 609 g/mol. The smallest absolute Gasteiger partial charge is 0.416 e. The van der Waals surface area contributed by atoms with Crippen molar-refractivity contribution in [3.05, 3.63) is 59.9 Å². The molecule has 2 aromatic rings. The minimum atomic E-state index is -0.862. The fraction of sp³-hybridized carbons (Fsp3) is 0.500. The second kappa shape index (κ2) is 14.5. The summed E-state index contributed by atoms with van der Waals surface area (Å²) in [7, 11) is 2.81. The number of esters is 1.